The molecule has 1 aromatic carbocycles. The van der Waals surface area contributed by atoms with E-state index in [1.165, 1.54) is 0 Å². The van der Waals surface area contributed by atoms with E-state index in [0.717, 1.165) is 0 Å². The van der Waals surface area contributed by atoms with Crippen molar-refractivity contribution < 1.29 is 39.4 Å². The number of carbonyl (C=O) groups is 1. The van der Waals surface area contributed by atoms with E-state index in [4.69, 9.17) is 26.4 Å². The second kappa shape index (κ2) is 9.90. The van der Waals surface area contributed by atoms with Crippen molar-refractivity contribution in [1.82, 2.24) is 10.6 Å². The van der Waals surface area contributed by atoms with Gasteiger partial charge in [-0.2, -0.15) is 0 Å². The van der Waals surface area contributed by atoms with Crippen LogP contribution in [0.3, 0.4) is 0 Å². The van der Waals surface area contributed by atoms with Crippen LogP contribution in [0.15, 0.2) is 35.5 Å². The van der Waals surface area contributed by atoms with Crippen LogP contribution < -0.4 is 15.4 Å². The van der Waals surface area contributed by atoms with Crippen LogP contribution in [0.25, 0.3) is 0 Å². The highest BCUT2D eigenvalue weighted by atomic mass is 32.1. The molecule has 3 rings (SSSR count). The molecule has 170 valence electrons. The first-order chi connectivity index (χ1) is 14.8. The summed E-state index contributed by atoms with van der Waals surface area (Å²) in [4.78, 5) is 12.4. The molecule has 0 bridgehead atoms. The Kier molecular flexibility index (Phi) is 7.46. The molecule has 0 aromatic heterocycles. The fraction of sp³-hybridized carbons (Fsp3) is 0.500. The minimum absolute atomic E-state index is 0.235. The molecule has 2 heterocycles. The number of carbonyl (C=O) groups excluding carboxylic acids is 1. The Balaban J connectivity index is 1.78. The Morgan fingerprint density at radius 1 is 1.16 bits per heavy atom. The number of allylic oxidation sites excluding steroid dienone is 1. The Morgan fingerprint density at radius 2 is 1.84 bits per heavy atom. The maximum Gasteiger partial charge on any atom is 0.338 e. The number of ether oxygens (including phenoxy) is 3. The van der Waals surface area contributed by atoms with E-state index in [0.29, 0.717) is 27.7 Å². The van der Waals surface area contributed by atoms with Crippen molar-refractivity contribution in [2.24, 2.45) is 0 Å². The lowest BCUT2D eigenvalue weighted by Crippen LogP contribution is -2.60. The minimum Gasteiger partial charge on any atom is -0.463 e. The lowest BCUT2D eigenvalue weighted by Gasteiger charge is -2.39. The van der Waals surface area contributed by atoms with Gasteiger partial charge in [0.05, 0.1) is 24.8 Å². The molecule has 0 amide bonds. The van der Waals surface area contributed by atoms with Gasteiger partial charge < -0.3 is 45.3 Å². The summed E-state index contributed by atoms with van der Waals surface area (Å²) in [6.07, 6.45) is -6.86. The minimum atomic E-state index is -1.53. The molecule has 0 radical (unpaired) electrons. The second-order valence-electron chi connectivity index (χ2n) is 7.17. The van der Waals surface area contributed by atoms with E-state index in [1.807, 2.05) is 0 Å². The Morgan fingerprint density at radius 3 is 2.45 bits per heavy atom. The normalized spacial score (nSPS) is 31.0. The van der Waals surface area contributed by atoms with Crippen LogP contribution in [-0.4, -0.2) is 75.4 Å². The summed E-state index contributed by atoms with van der Waals surface area (Å²) in [5.74, 6) is -0.155. The van der Waals surface area contributed by atoms with Crippen LogP contribution in [0.2, 0.25) is 0 Å². The summed E-state index contributed by atoms with van der Waals surface area (Å²) < 4.78 is 16.1. The third-order valence-corrected chi connectivity index (χ3v) is 5.30. The summed E-state index contributed by atoms with van der Waals surface area (Å²) >= 11 is 5.21. The molecule has 2 aliphatic rings. The van der Waals surface area contributed by atoms with Crippen LogP contribution >= 0.6 is 12.2 Å². The first kappa shape index (κ1) is 23.4. The van der Waals surface area contributed by atoms with Gasteiger partial charge in [0.15, 0.2) is 5.11 Å². The van der Waals surface area contributed by atoms with Gasteiger partial charge in [0.1, 0.15) is 30.2 Å². The fourth-order valence-electron chi connectivity index (χ4n) is 3.46. The first-order valence-electron chi connectivity index (χ1n) is 9.79. The fourth-order valence-corrected chi connectivity index (χ4v) is 3.73. The highest BCUT2D eigenvalue weighted by Crippen LogP contribution is 2.30. The zero-order valence-corrected chi connectivity index (χ0v) is 17.8. The van der Waals surface area contributed by atoms with Crippen LogP contribution in [-0.2, 0) is 14.3 Å². The molecular weight excluding hydrogens is 428 g/mol. The van der Waals surface area contributed by atoms with E-state index in [-0.39, 0.29) is 6.61 Å². The highest BCUT2D eigenvalue weighted by Gasteiger charge is 2.44. The standard InChI is InChI=1S/C20H26N2O8S/c1-3-28-18(27)13-9(2)21-20(31)22-14(13)10-4-6-11(7-5-10)29-19-17(26)16(25)15(24)12(8-23)30-19/h4-7,12,14-17,19,23-26H,3,8H2,1-2H3,(H2,21,22,31)/t12-,14?,15-,16-,17-,19-/m1/s1. The molecule has 10 nitrogen and oxygen atoms in total. The first-order valence-corrected chi connectivity index (χ1v) is 10.2. The number of aliphatic hydroxyl groups is 4. The number of thiocarbonyl (C=S) groups is 1. The van der Waals surface area contributed by atoms with E-state index >= 15 is 0 Å². The second-order valence-corrected chi connectivity index (χ2v) is 7.58. The van der Waals surface area contributed by atoms with E-state index in [9.17, 15) is 25.2 Å². The number of esters is 1. The molecule has 2 aliphatic heterocycles. The Labute approximate surface area is 184 Å². The molecule has 0 spiro atoms. The maximum atomic E-state index is 12.4. The summed E-state index contributed by atoms with van der Waals surface area (Å²) in [6, 6.07) is 6.08. The molecule has 31 heavy (non-hydrogen) atoms. The summed E-state index contributed by atoms with van der Waals surface area (Å²) in [5.41, 5.74) is 1.71. The molecule has 1 saturated heterocycles. The lowest BCUT2D eigenvalue weighted by atomic mass is 9.95. The van der Waals surface area contributed by atoms with Gasteiger partial charge in [-0.1, -0.05) is 12.1 Å². The topological polar surface area (TPSA) is 150 Å². The van der Waals surface area contributed by atoms with E-state index < -0.39 is 49.3 Å². The van der Waals surface area contributed by atoms with Crippen molar-refractivity contribution >= 4 is 23.3 Å². The van der Waals surface area contributed by atoms with Crippen molar-refractivity contribution in [3.05, 3.63) is 41.1 Å². The predicted octanol–water partition coefficient (Wildman–Crippen LogP) is -0.779. The Bertz CT molecular complexity index is 844. The number of hydrogen-bond acceptors (Lipinski definition) is 9. The number of aliphatic hydroxyl groups excluding tert-OH is 4. The third kappa shape index (κ3) is 4.97. The summed E-state index contributed by atoms with van der Waals surface area (Å²) in [6.45, 7) is 3.15. The number of nitrogens with one attached hydrogen (secondary N) is 2. The monoisotopic (exact) mass is 454 g/mol. The maximum absolute atomic E-state index is 12.4. The quantitative estimate of drug-likeness (QED) is 0.237. The van der Waals surface area contributed by atoms with Gasteiger partial charge in [0.25, 0.3) is 0 Å². The predicted molar refractivity (Wildman–Crippen MR) is 112 cm³/mol. The molecule has 11 heteroatoms. The average molecular weight is 455 g/mol. The largest absolute Gasteiger partial charge is 0.463 e. The van der Waals surface area contributed by atoms with Gasteiger partial charge in [-0.05, 0) is 43.8 Å². The zero-order chi connectivity index (χ0) is 22.7. The van der Waals surface area contributed by atoms with Gasteiger partial charge in [-0.3, -0.25) is 0 Å². The number of rotatable bonds is 6. The third-order valence-electron chi connectivity index (χ3n) is 5.08. The van der Waals surface area contributed by atoms with Crippen molar-refractivity contribution in [2.75, 3.05) is 13.2 Å². The van der Waals surface area contributed by atoms with Gasteiger partial charge >= 0.3 is 5.97 Å². The van der Waals surface area contributed by atoms with Gasteiger partial charge in [-0.25, -0.2) is 4.79 Å². The van der Waals surface area contributed by atoms with Gasteiger partial charge in [0, 0.05) is 5.70 Å². The van der Waals surface area contributed by atoms with Crippen LogP contribution in [0, 0.1) is 0 Å². The number of hydrogen-bond donors (Lipinski definition) is 6. The lowest BCUT2D eigenvalue weighted by molar-refractivity contribution is -0.277. The summed E-state index contributed by atoms with van der Waals surface area (Å²) in [7, 11) is 0. The van der Waals surface area contributed by atoms with Crippen molar-refractivity contribution in [1.29, 1.82) is 0 Å². The van der Waals surface area contributed by atoms with Crippen molar-refractivity contribution in [3.63, 3.8) is 0 Å². The smallest absolute Gasteiger partial charge is 0.338 e. The molecule has 1 aromatic rings. The van der Waals surface area contributed by atoms with Gasteiger partial charge in [-0.15, -0.1) is 0 Å². The van der Waals surface area contributed by atoms with Crippen molar-refractivity contribution in [2.45, 2.75) is 50.6 Å². The molecule has 0 aliphatic carbocycles. The van der Waals surface area contributed by atoms with E-state index in [1.54, 1.807) is 38.1 Å². The highest BCUT2D eigenvalue weighted by molar-refractivity contribution is 7.80. The average Bonchev–Trinajstić information content (AvgIpc) is 2.74. The molecule has 6 N–H and O–H groups in total. The van der Waals surface area contributed by atoms with Crippen LogP contribution in [0.5, 0.6) is 5.75 Å². The summed E-state index contributed by atoms with van der Waals surface area (Å²) in [5, 5.41) is 45.5. The Hall–Kier alpha value is -2.28. The SMILES string of the molecule is CCOC(=O)C1=C(C)NC(=S)NC1c1ccc(O[C@@H]2O[C@H](CO)[C@@H](O)[C@@H](O)[C@H]2O)cc1. The van der Waals surface area contributed by atoms with Crippen LogP contribution in [0.4, 0.5) is 0 Å². The number of benzene rings is 1. The van der Waals surface area contributed by atoms with Crippen LogP contribution in [0.1, 0.15) is 25.5 Å². The zero-order valence-electron chi connectivity index (χ0n) is 17.0. The molecule has 6 atom stereocenters. The van der Waals surface area contributed by atoms with Crippen molar-refractivity contribution in [3.8, 4) is 5.75 Å². The molecular formula is C20H26N2O8S. The molecule has 0 saturated carbocycles. The molecule has 1 unspecified atom stereocenters. The van der Waals surface area contributed by atoms with E-state index in [2.05, 4.69) is 10.6 Å². The molecule has 1 fully saturated rings. The van der Waals surface area contributed by atoms with Gasteiger partial charge in [0.2, 0.25) is 6.29 Å².